The summed E-state index contributed by atoms with van der Waals surface area (Å²) in [6, 6.07) is 7.35. The molecule has 1 amide bonds. The van der Waals surface area contributed by atoms with Gasteiger partial charge in [-0.15, -0.1) is 0 Å². The monoisotopic (exact) mass is 332 g/mol. The van der Waals surface area contributed by atoms with Crippen molar-refractivity contribution >= 4 is 17.5 Å². The molecule has 1 aromatic carbocycles. The van der Waals surface area contributed by atoms with Crippen LogP contribution in [0.25, 0.3) is 0 Å². The topological polar surface area (TPSA) is 89.3 Å². The van der Waals surface area contributed by atoms with E-state index in [1.54, 1.807) is 6.07 Å². The fourth-order valence-corrected chi connectivity index (χ4v) is 1.86. The van der Waals surface area contributed by atoms with Crippen LogP contribution in [0.2, 0.25) is 0 Å². The average molecular weight is 332 g/mol. The molecule has 7 heteroatoms. The van der Waals surface area contributed by atoms with Gasteiger partial charge < -0.3 is 14.6 Å². The number of hydrogen-bond acceptors (Lipinski definition) is 6. The Labute approximate surface area is 141 Å². The van der Waals surface area contributed by atoms with Crippen molar-refractivity contribution in [1.29, 1.82) is 0 Å². The first-order valence-corrected chi connectivity index (χ1v) is 8.04. The van der Waals surface area contributed by atoms with Gasteiger partial charge in [0.25, 0.3) is 0 Å². The molecule has 0 spiro atoms. The third-order valence-electron chi connectivity index (χ3n) is 3.10. The minimum Gasteiger partial charge on any atom is -0.449 e. The molecule has 0 saturated heterocycles. The number of nitrogens with zero attached hydrogens (tertiary/aromatic N) is 2. The summed E-state index contributed by atoms with van der Waals surface area (Å²) in [6.45, 7) is 8.80. The molecule has 2 aromatic rings. The third-order valence-corrected chi connectivity index (χ3v) is 3.10. The third kappa shape index (κ3) is 5.57. The molecule has 130 valence electrons. The van der Waals surface area contributed by atoms with Crippen LogP contribution in [-0.2, 0) is 11.3 Å². The predicted molar refractivity (Wildman–Crippen MR) is 92.0 cm³/mol. The van der Waals surface area contributed by atoms with Crippen molar-refractivity contribution in [1.82, 2.24) is 10.1 Å². The maximum atomic E-state index is 11.7. The number of nitrogens with one attached hydrogen (secondary N) is 2. The first kappa shape index (κ1) is 17.8. The Morgan fingerprint density at radius 2 is 2.00 bits per heavy atom. The van der Waals surface area contributed by atoms with Gasteiger partial charge in [-0.3, -0.25) is 5.32 Å². The van der Waals surface area contributed by atoms with E-state index in [4.69, 9.17) is 9.26 Å². The Morgan fingerprint density at radius 1 is 1.25 bits per heavy atom. The molecular weight excluding hydrogens is 308 g/mol. The van der Waals surface area contributed by atoms with Crippen LogP contribution in [0.5, 0.6) is 0 Å². The zero-order chi connectivity index (χ0) is 17.5. The summed E-state index contributed by atoms with van der Waals surface area (Å²) in [4.78, 5) is 16.0. The predicted octanol–water partition coefficient (Wildman–Crippen LogP) is 4.01. The molecule has 7 nitrogen and oxygen atoms in total. The van der Waals surface area contributed by atoms with Crippen molar-refractivity contribution in [3.05, 3.63) is 36.0 Å². The van der Waals surface area contributed by atoms with Gasteiger partial charge >= 0.3 is 6.09 Å². The molecule has 24 heavy (non-hydrogen) atoms. The standard InChI is InChI=1S/C17H24N4O3/c1-11(2)10-23-17(22)19-14-7-5-6-13(8-14)18-9-15-20-16(12(3)4)21-24-15/h5-8,11-12,18H,9-10H2,1-4H3,(H,19,22). The fraction of sp³-hybridized carbons (Fsp3) is 0.471. The number of benzene rings is 1. The lowest BCUT2D eigenvalue weighted by Gasteiger charge is -2.10. The van der Waals surface area contributed by atoms with Gasteiger partial charge in [0.05, 0.1) is 13.2 Å². The summed E-state index contributed by atoms with van der Waals surface area (Å²) in [5.74, 6) is 1.74. The van der Waals surface area contributed by atoms with Crippen LogP contribution in [-0.4, -0.2) is 22.8 Å². The minimum absolute atomic E-state index is 0.229. The van der Waals surface area contributed by atoms with E-state index in [-0.39, 0.29) is 5.92 Å². The highest BCUT2D eigenvalue weighted by atomic mass is 16.5. The van der Waals surface area contributed by atoms with Gasteiger partial charge in [-0.1, -0.05) is 38.9 Å². The maximum absolute atomic E-state index is 11.7. The molecule has 0 aliphatic heterocycles. The van der Waals surface area contributed by atoms with Crippen molar-refractivity contribution < 1.29 is 14.1 Å². The van der Waals surface area contributed by atoms with Gasteiger partial charge in [0, 0.05) is 17.3 Å². The maximum Gasteiger partial charge on any atom is 0.411 e. The van der Waals surface area contributed by atoms with Crippen molar-refractivity contribution in [3.63, 3.8) is 0 Å². The van der Waals surface area contributed by atoms with Gasteiger partial charge in [-0.25, -0.2) is 4.79 Å². The largest absolute Gasteiger partial charge is 0.449 e. The number of amides is 1. The average Bonchev–Trinajstić information content (AvgIpc) is 3.01. The normalized spacial score (nSPS) is 10.9. The molecule has 1 aromatic heterocycles. The lowest BCUT2D eigenvalue weighted by Crippen LogP contribution is -2.16. The van der Waals surface area contributed by atoms with Crippen LogP contribution >= 0.6 is 0 Å². The summed E-state index contributed by atoms with van der Waals surface area (Å²) in [7, 11) is 0. The molecule has 0 aliphatic rings. The van der Waals surface area contributed by atoms with E-state index >= 15 is 0 Å². The second-order valence-electron chi connectivity index (χ2n) is 6.25. The van der Waals surface area contributed by atoms with Crippen LogP contribution < -0.4 is 10.6 Å². The lowest BCUT2D eigenvalue weighted by atomic mass is 10.2. The second kappa shape index (κ2) is 8.33. The van der Waals surface area contributed by atoms with E-state index in [2.05, 4.69) is 20.8 Å². The number of rotatable bonds is 7. The number of carbonyl (C=O) groups is 1. The quantitative estimate of drug-likeness (QED) is 0.796. The van der Waals surface area contributed by atoms with Crippen LogP contribution in [0.15, 0.2) is 28.8 Å². The summed E-state index contributed by atoms with van der Waals surface area (Å²) in [5, 5.41) is 9.81. The van der Waals surface area contributed by atoms with Gasteiger partial charge in [-0.2, -0.15) is 4.98 Å². The van der Waals surface area contributed by atoms with E-state index in [1.165, 1.54) is 0 Å². The Balaban J connectivity index is 1.88. The van der Waals surface area contributed by atoms with Gasteiger partial charge in [0.1, 0.15) is 0 Å². The highest BCUT2D eigenvalue weighted by Crippen LogP contribution is 2.17. The zero-order valence-corrected chi connectivity index (χ0v) is 14.5. The van der Waals surface area contributed by atoms with Crippen molar-refractivity contribution in [2.45, 2.75) is 40.2 Å². The Bertz CT molecular complexity index is 667. The fourth-order valence-electron chi connectivity index (χ4n) is 1.86. The molecular formula is C17H24N4O3. The number of hydrogen-bond donors (Lipinski definition) is 2. The van der Waals surface area contributed by atoms with Gasteiger partial charge in [-0.05, 0) is 24.1 Å². The van der Waals surface area contributed by atoms with E-state index in [0.717, 1.165) is 5.69 Å². The minimum atomic E-state index is -0.459. The number of ether oxygens (including phenoxy) is 1. The smallest absolute Gasteiger partial charge is 0.411 e. The van der Waals surface area contributed by atoms with E-state index < -0.39 is 6.09 Å². The van der Waals surface area contributed by atoms with Gasteiger partial charge in [0.2, 0.25) is 5.89 Å². The molecule has 0 atom stereocenters. The summed E-state index contributed by atoms with van der Waals surface area (Å²) >= 11 is 0. The highest BCUT2D eigenvalue weighted by molar-refractivity contribution is 5.85. The number of aromatic nitrogens is 2. The Morgan fingerprint density at radius 3 is 2.67 bits per heavy atom. The number of carbonyl (C=O) groups excluding carboxylic acids is 1. The first-order valence-electron chi connectivity index (χ1n) is 8.04. The summed E-state index contributed by atoms with van der Waals surface area (Å²) < 4.78 is 10.3. The van der Waals surface area contributed by atoms with Crippen LogP contribution in [0.1, 0.15) is 45.3 Å². The van der Waals surface area contributed by atoms with Crippen molar-refractivity contribution in [2.75, 3.05) is 17.2 Å². The highest BCUT2D eigenvalue weighted by Gasteiger charge is 2.09. The molecule has 2 rings (SSSR count). The second-order valence-corrected chi connectivity index (χ2v) is 6.25. The van der Waals surface area contributed by atoms with Gasteiger partial charge in [0.15, 0.2) is 5.82 Å². The molecule has 2 N–H and O–H groups in total. The zero-order valence-electron chi connectivity index (χ0n) is 14.5. The Hall–Kier alpha value is -2.57. The molecule has 0 fully saturated rings. The van der Waals surface area contributed by atoms with Crippen LogP contribution in [0, 0.1) is 5.92 Å². The molecule has 0 aliphatic carbocycles. The SMILES string of the molecule is CC(C)COC(=O)Nc1cccc(NCc2nc(C(C)C)no2)c1. The van der Waals surface area contributed by atoms with E-state index in [9.17, 15) is 4.79 Å². The van der Waals surface area contributed by atoms with E-state index in [0.29, 0.717) is 36.5 Å². The summed E-state index contributed by atoms with van der Waals surface area (Å²) in [5.41, 5.74) is 1.49. The van der Waals surface area contributed by atoms with Crippen molar-refractivity contribution in [3.8, 4) is 0 Å². The lowest BCUT2D eigenvalue weighted by molar-refractivity contribution is 0.147. The number of anilines is 2. The van der Waals surface area contributed by atoms with Crippen LogP contribution in [0.4, 0.5) is 16.2 Å². The Kier molecular flexibility index (Phi) is 6.17. The molecule has 0 bridgehead atoms. The molecule has 0 unspecified atom stereocenters. The van der Waals surface area contributed by atoms with Crippen LogP contribution in [0.3, 0.4) is 0 Å². The molecule has 0 saturated carbocycles. The summed E-state index contributed by atoms with van der Waals surface area (Å²) in [6.07, 6.45) is -0.459. The van der Waals surface area contributed by atoms with Crippen molar-refractivity contribution in [2.24, 2.45) is 5.92 Å². The molecule has 0 radical (unpaired) electrons. The van der Waals surface area contributed by atoms with E-state index in [1.807, 2.05) is 45.9 Å². The first-order chi connectivity index (χ1) is 11.4. The molecule has 1 heterocycles.